The van der Waals surface area contributed by atoms with Crippen molar-refractivity contribution in [2.75, 3.05) is 6.54 Å². The lowest BCUT2D eigenvalue weighted by atomic mass is 9.97. The fourth-order valence-electron chi connectivity index (χ4n) is 3.03. The van der Waals surface area contributed by atoms with E-state index in [9.17, 15) is 9.59 Å². The van der Waals surface area contributed by atoms with Gasteiger partial charge in [-0.2, -0.15) is 0 Å². The third-order valence-electron chi connectivity index (χ3n) is 4.13. The number of rotatable bonds is 5. The van der Waals surface area contributed by atoms with Gasteiger partial charge in [-0.1, -0.05) is 0 Å². The van der Waals surface area contributed by atoms with E-state index in [1.54, 1.807) is 0 Å². The number of amides is 1. The molecule has 116 valence electrons. The number of hydrogen-bond donors (Lipinski definition) is 1. The van der Waals surface area contributed by atoms with Crippen molar-refractivity contribution in [2.45, 2.75) is 58.0 Å². The SMILES string of the molecule is CC(C)n1cccc1C(=O)N1CCCCC1CCC(=O)O. The van der Waals surface area contributed by atoms with Crippen LogP contribution in [-0.4, -0.2) is 39.0 Å². The molecule has 0 spiro atoms. The molecular formula is C16H24N2O3. The van der Waals surface area contributed by atoms with Crippen LogP contribution in [0.4, 0.5) is 0 Å². The van der Waals surface area contributed by atoms with Crippen LogP contribution in [0.2, 0.25) is 0 Å². The number of aromatic nitrogens is 1. The second kappa shape index (κ2) is 6.78. The van der Waals surface area contributed by atoms with Gasteiger partial charge in [0.25, 0.3) is 5.91 Å². The molecule has 0 bridgehead atoms. The van der Waals surface area contributed by atoms with E-state index in [4.69, 9.17) is 5.11 Å². The number of likely N-dealkylation sites (tertiary alicyclic amines) is 1. The summed E-state index contributed by atoms with van der Waals surface area (Å²) in [7, 11) is 0. The lowest BCUT2D eigenvalue weighted by Crippen LogP contribution is -2.44. The molecular weight excluding hydrogens is 268 g/mol. The Morgan fingerprint density at radius 1 is 1.38 bits per heavy atom. The fraction of sp³-hybridized carbons (Fsp3) is 0.625. The number of carbonyl (C=O) groups excluding carboxylic acids is 1. The molecule has 1 fully saturated rings. The number of carbonyl (C=O) groups is 2. The van der Waals surface area contributed by atoms with Crippen LogP contribution in [0.15, 0.2) is 18.3 Å². The maximum atomic E-state index is 12.8. The number of carboxylic acids is 1. The smallest absolute Gasteiger partial charge is 0.303 e. The van der Waals surface area contributed by atoms with Crippen molar-refractivity contribution in [3.05, 3.63) is 24.0 Å². The van der Waals surface area contributed by atoms with E-state index in [0.29, 0.717) is 12.1 Å². The van der Waals surface area contributed by atoms with Crippen LogP contribution in [0.3, 0.4) is 0 Å². The highest BCUT2D eigenvalue weighted by Gasteiger charge is 2.29. The highest BCUT2D eigenvalue weighted by atomic mass is 16.4. The molecule has 0 aliphatic carbocycles. The summed E-state index contributed by atoms with van der Waals surface area (Å²) >= 11 is 0. The summed E-state index contributed by atoms with van der Waals surface area (Å²) in [4.78, 5) is 25.5. The van der Waals surface area contributed by atoms with E-state index in [-0.39, 0.29) is 24.4 Å². The molecule has 1 amide bonds. The van der Waals surface area contributed by atoms with E-state index in [0.717, 1.165) is 25.8 Å². The fourth-order valence-corrected chi connectivity index (χ4v) is 3.03. The first kappa shape index (κ1) is 15.6. The van der Waals surface area contributed by atoms with Crippen LogP contribution in [0.5, 0.6) is 0 Å². The molecule has 2 rings (SSSR count). The minimum atomic E-state index is -0.793. The van der Waals surface area contributed by atoms with E-state index in [2.05, 4.69) is 13.8 Å². The van der Waals surface area contributed by atoms with Gasteiger partial charge in [-0.3, -0.25) is 9.59 Å². The van der Waals surface area contributed by atoms with E-state index in [1.807, 2.05) is 27.8 Å². The zero-order valence-electron chi connectivity index (χ0n) is 12.8. The Balaban J connectivity index is 2.14. The predicted octanol–water partition coefficient (Wildman–Crippen LogP) is 2.93. The maximum Gasteiger partial charge on any atom is 0.303 e. The molecule has 2 heterocycles. The minimum absolute atomic E-state index is 0.0313. The molecule has 5 nitrogen and oxygen atoms in total. The normalized spacial score (nSPS) is 19.0. The van der Waals surface area contributed by atoms with Crippen LogP contribution < -0.4 is 0 Å². The number of carboxylic acid groups (broad SMARTS) is 1. The first-order chi connectivity index (χ1) is 10.0. The van der Waals surface area contributed by atoms with Crippen molar-refractivity contribution in [2.24, 2.45) is 0 Å². The Bertz CT molecular complexity index is 507. The average molecular weight is 292 g/mol. The van der Waals surface area contributed by atoms with Gasteiger partial charge >= 0.3 is 5.97 Å². The van der Waals surface area contributed by atoms with Gasteiger partial charge in [0.1, 0.15) is 5.69 Å². The lowest BCUT2D eigenvalue weighted by Gasteiger charge is -2.36. The molecule has 5 heteroatoms. The summed E-state index contributed by atoms with van der Waals surface area (Å²) in [6, 6.07) is 4.04. The third kappa shape index (κ3) is 3.65. The van der Waals surface area contributed by atoms with Crippen LogP contribution in [-0.2, 0) is 4.79 Å². The highest BCUT2D eigenvalue weighted by molar-refractivity contribution is 5.93. The molecule has 21 heavy (non-hydrogen) atoms. The molecule has 0 radical (unpaired) electrons. The summed E-state index contributed by atoms with van der Waals surface area (Å²) in [6.07, 6.45) is 5.57. The zero-order valence-corrected chi connectivity index (χ0v) is 12.8. The van der Waals surface area contributed by atoms with Gasteiger partial charge in [0, 0.05) is 31.2 Å². The first-order valence-corrected chi connectivity index (χ1v) is 7.70. The summed E-state index contributed by atoms with van der Waals surface area (Å²) in [5.41, 5.74) is 0.701. The van der Waals surface area contributed by atoms with Crippen molar-refractivity contribution in [1.29, 1.82) is 0 Å². The van der Waals surface area contributed by atoms with Gasteiger partial charge in [0.15, 0.2) is 0 Å². The van der Waals surface area contributed by atoms with Crippen LogP contribution in [0.25, 0.3) is 0 Å². The molecule has 0 saturated carbocycles. The number of hydrogen-bond acceptors (Lipinski definition) is 2. The lowest BCUT2D eigenvalue weighted by molar-refractivity contribution is -0.137. The minimum Gasteiger partial charge on any atom is -0.481 e. The van der Waals surface area contributed by atoms with Gasteiger partial charge < -0.3 is 14.6 Å². The maximum absolute atomic E-state index is 12.8. The molecule has 1 aromatic heterocycles. The van der Waals surface area contributed by atoms with Gasteiger partial charge in [0.2, 0.25) is 0 Å². The summed E-state index contributed by atoms with van der Waals surface area (Å²) in [5.74, 6) is -0.762. The average Bonchev–Trinajstić information content (AvgIpc) is 2.94. The predicted molar refractivity (Wildman–Crippen MR) is 80.4 cm³/mol. The highest BCUT2D eigenvalue weighted by Crippen LogP contribution is 2.24. The Labute approximate surface area is 125 Å². The Hall–Kier alpha value is -1.78. The Morgan fingerprint density at radius 2 is 2.14 bits per heavy atom. The molecule has 1 aromatic rings. The molecule has 0 aromatic carbocycles. The number of aliphatic carboxylic acids is 1. The quantitative estimate of drug-likeness (QED) is 0.907. The van der Waals surface area contributed by atoms with Gasteiger partial charge in [-0.05, 0) is 51.7 Å². The molecule has 1 atom stereocenters. The largest absolute Gasteiger partial charge is 0.481 e. The van der Waals surface area contributed by atoms with Gasteiger partial charge in [-0.15, -0.1) is 0 Å². The summed E-state index contributed by atoms with van der Waals surface area (Å²) < 4.78 is 1.98. The van der Waals surface area contributed by atoms with Crippen molar-refractivity contribution >= 4 is 11.9 Å². The molecule has 1 aliphatic heterocycles. The molecule has 1 aliphatic rings. The van der Waals surface area contributed by atoms with Crippen molar-refractivity contribution in [3.8, 4) is 0 Å². The third-order valence-corrected chi connectivity index (χ3v) is 4.13. The van der Waals surface area contributed by atoms with Crippen molar-refractivity contribution in [3.63, 3.8) is 0 Å². The monoisotopic (exact) mass is 292 g/mol. The van der Waals surface area contributed by atoms with Crippen LogP contribution >= 0.6 is 0 Å². The second-order valence-electron chi connectivity index (χ2n) is 5.98. The second-order valence-corrected chi connectivity index (χ2v) is 5.98. The Kier molecular flexibility index (Phi) is 5.04. The van der Waals surface area contributed by atoms with Gasteiger partial charge in [0.05, 0.1) is 0 Å². The van der Waals surface area contributed by atoms with Crippen molar-refractivity contribution in [1.82, 2.24) is 9.47 Å². The standard InChI is InChI=1S/C16H24N2O3/c1-12(2)17-11-5-7-14(17)16(21)18-10-4-3-6-13(18)8-9-15(19)20/h5,7,11-13H,3-4,6,8-10H2,1-2H3,(H,19,20). The molecule has 1 unspecified atom stereocenters. The molecule has 1 N–H and O–H groups in total. The van der Waals surface area contributed by atoms with Crippen LogP contribution in [0, 0.1) is 0 Å². The van der Waals surface area contributed by atoms with Crippen molar-refractivity contribution < 1.29 is 14.7 Å². The van der Waals surface area contributed by atoms with Crippen LogP contribution in [0.1, 0.15) is 62.5 Å². The number of piperidine rings is 1. The topological polar surface area (TPSA) is 62.5 Å². The van der Waals surface area contributed by atoms with Gasteiger partial charge in [-0.25, -0.2) is 0 Å². The van der Waals surface area contributed by atoms with E-state index >= 15 is 0 Å². The van der Waals surface area contributed by atoms with E-state index in [1.165, 1.54) is 0 Å². The first-order valence-electron chi connectivity index (χ1n) is 7.70. The number of nitrogens with zero attached hydrogens (tertiary/aromatic N) is 2. The molecule has 1 saturated heterocycles. The zero-order chi connectivity index (χ0) is 15.4. The summed E-state index contributed by atoms with van der Waals surface area (Å²) in [5, 5.41) is 8.86. The van der Waals surface area contributed by atoms with E-state index < -0.39 is 5.97 Å². The summed E-state index contributed by atoms with van der Waals surface area (Å²) in [6.45, 7) is 4.83. The Morgan fingerprint density at radius 3 is 2.81 bits per heavy atom.